The molecule has 0 aromatic carbocycles. The van der Waals surface area contributed by atoms with Crippen molar-refractivity contribution in [2.45, 2.75) is 33.4 Å². The van der Waals surface area contributed by atoms with Crippen LogP contribution in [0.2, 0.25) is 0 Å². The highest BCUT2D eigenvalue weighted by Crippen LogP contribution is 2.09. The van der Waals surface area contributed by atoms with Gasteiger partial charge in [0, 0.05) is 37.1 Å². The van der Waals surface area contributed by atoms with Crippen LogP contribution in [0.25, 0.3) is 0 Å². The summed E-state index contributed by atoms with van der Waals surface area (Å²) in [6, 6.07) is 1.95. The summed E-state index contributed by atoms with van der Waals surface area (Å²) in [5, 5.41) is 7.04. The lowest BCUT2D eigenvalue weighted by molar-refractivity contribution is 0.265. The first-order valence-electron chi connectivity index (χ1n) is 6.83. The molecule has 0 aliphatic rings. The van der Waals surface area contributed by atoms with Crippen LogP contribution in [0.3, 0.4) is 0 Å². The summed E-state index contributed by atoms with van der Waals surface area (Å²) in [4.78, 5) is 10.7. The Morgan fingerprint density at radius 2 is 2.00 bits per heavy atom. The van der Waals surface area contributed by atoms with Crippen LogP contribution in [0.15, 0.2) is 23.0 Å². The molecule has 0 fully saturated rings. The summed E-state index contributed by atoms with van der Waals surface area (Å²) in [6.45, 7) is 6.42. The third kappa shape index (κ3) is 4.31. The van der Waals surface area contributed by atoms with Gasteiger partial charge in [-0.05, 0) is 20.4 Å². The van der Waals surface area contributed by atoms with E-state index in [4.69, 9.17) is 4.52 Å². The second-order valence-corrected chi connectivity index (χ2v) is 4.95. The highest BCUT2D eigenvalue weighted by Gasteiger charge is 2.07. The standard InChI is InChI=1S/C14H21N5O/c1-4-5-15-14-16-7-12(8-17-14)9-19(3)10-13-6-11(2)18-20-13/h6-8H,4-5,9-10H2,1-3H3,(H,15,16,17). The number of aryl methyl sites for hydroxylation is 1. The zero-order chi connectivity index (χ0) is 14.4. The Balaban J connectivity index is 1.85. The molecule has 1 N–H and O–H groups in total. The second kappa shape index (κ2) is 7.00. The van der Waals surface area contributed by atoms with Gasteiger partial charge in [-0.3, -0.25) is 4.90 Å². The maximum atomic E-state index is 5.20. The normalized spacial score (nSPS) is 11.0. The first-order chi connectivity index (χ1) is 9.67. The number of anilines is 1. The van der Waals surface area contributed by atoms with Crippen LogP contribution in [-0.4, -0.2) is 33.6 Å². The first-order valence-corrected chi connectivity index (χ1v) is 6.83. The molecular weight excluding hydrogens is 254 g/mol. The van der Waals surface area contributed by atoms with Gasteiger partial charge in [0.25, 0.3) is 0 Å². The highest BCUT2D eigenvalue weighted by molar-refractivity contribution is 5.24. The molecule has 20 heavy (non-hydrogen) atoms. The fraction of sp³-hybridized carbons (Fsp3) is 0.500. The van der Waals surface area contributed by atoms with Crippen LogP contribution in [-0.2, 0) is 13.1 Å². The summed E-state index contributed by atoms with van der Waals surface area (Å²) in [7, 11) is 2.03. The Labute approximate surface area is 119 Å². The van der Waals surface area contributed by atoms with Gasteiger partial charge < -0.3 is 9.84 Å². The average molecular weight is 275 g/mol. The molecule has 108 valence electrons. The summed E-state index contributed by atoms with van der Waals surface area (Å²) in [5.74, 6) is 1.55. The molecule has 0 spiro atoms. The SMILES string of the molecule is CCCNc1ncc(CN(C)Cc2cc(C)no2)cn1. The van der Waals surface area contributed by atoms with Crippen molar-refractivity contribution in [3.05, 3.63) is 35.5 Å². The van der Waals surface area contributed by atoms with E-state index in [1.165, 1.54) is 0 Å². The molecule has 6 nitrogen and oxygen atoms in total. The van der Waals surface area contributed by atoms with Crippen LogP contribution in [0, 0.1) is 6.92 Å². The van der Waals surface area contributed by atoms with Crippen LogP contribution >= 0.6 is 0 Å². The van der Waals surface area contributed by atoms with Crippen molar-refractivity contribution in [3.8, 4) is 0 Å². The zero-order valence-corrected chi connectivity index (χ0v) is 12.3. The number of nitrogens with one attached hydrogen (secondary N) is 1. The van der Waals surface area contributed by atoms with Crippen molar-refractivity contribution in [1.29, 1.82) is 0 Å². The monoisotopic (exact) mass is 275 g/mol. The van der Waals surface area contributed by atoms with Crippen LogP contribution in [0.1, 0.15) is 30.4 Å². The first kappa shape index (κ1) is 14.5. The fourth-order valence-corrected chi connectivity index (χ4v) is 1.89. The minimum absolute atomic E-state index is 0.684. The predicted molar refractivity (Wildman–Crippen MR) is 77.2 cm³/mol. The van der Waals surface area contributed by atoms with Gasteiger partial charge in [0.15, 0.2) is 5.76 Å². The van der Waals surface area contributed by atoms with Crippen molar-refractivity contribution in [3.63, 3.8) is 0 Å². The molecule has 2 heterocycles. The molecule has 0 bridgehead atoms. The average Bonchev–Trinajstić information content (AvgIpc) is 2.83. The van der Waals surface area contributed by atoms with Gasteiger partial charge in [-0.15, -0.1) is 0 Å². The van der Waals surface area contributed by atoms with E-state index in [0.717, 1.165) is 43.1 Å². The predicted octanol–water partition coefficient (Wildman–Crippen LogP) is 2.23. The number of hydrogen-bond donors (Lipinski definition) is 1. The van der Waals surface area contributed by atoms with Gasteiger partial charge in [-0.2, -0.15) is 0 Å². The Hall–Kier alpha value is -1.95. The van der Waals surface area contributed by atoms with Crippen molar-refractivity contribution in [2.75, 3.05) is 18.9 Å². The third-order valence-corrected chi connectivity index (χ3v) is 2.79. The van der Waals surface area contributed by atoms with Crippen molar-refractivity contribution < 1.29 is 4.52 Å². The lowest BCUT2D eigenvalue weighted by Crippen LogP contribution is -2.17. The molecule has 0 amide bonds. The zero-order valence-electron chi connectivity index (χ0n) is 12.3. The number of rotatable bonds is 7. The molecule has 0 aliphatic heterocycles. The fourth-order valence-electron chi connectivity index (χ4n) is 1.89. The molecule has 0 saturated carbocycles. The molecular formula is C14H21N5O. The Morgan fingerprint density at radius 3 is 2.60 bits per heavy atom. The maximum absolute atomic E-state index is 5.20. The lowest BCUT2D eigenvalue weighted by Gasteiger charge is -2.14. The summed E-state index contributed by atoms with van der Waals surface area (Å²) in [6.07, 6.45) is 4.77. The van der Waals surface area contributed by atoms with E-state index in [9.17, 15) is 0 Å². The van der Waals surface area contributed by atoms with E-state index >= 15 is 0 Å². The van der Waals surface area contributed by atoms with Crippen LogP contribution in [0.5, 0.6) is 0 Å². The van der Waals surface area contributed by atoms with E-state index in [0.29, 0.717) is 5.95 Å². The highest BCUT2D eigenvalue weighted by atomic mass is 16.5. The van der Waals surface area contributed by atoms with E-state index in [-0.39, 0.29) is 0 Å². The molecule has 0 saturated heterocycles. The lowest BCUT2D eigenvalue weighted by atomic mass is 10.3. The topological polar surface area (TPSA) is 67.1 Å². The molecule has 0 unspecified atom stereocenters. The summed E-state index contributed by atoms with van der Waals surface area (Å²) >= 11 is 0. The van der Waals surface area contributed by atoms with Gasteiger partial charge in [0.2, 0.25) is 5.95 Å². The smallest absolute Gasteiger partial charge is 0.222 e. The molecule has 2 aromatic heterocycles. The minimum Gasteiger partial charge on any atom is -0.360 e. The Bertz CT molecular complexity index is 523. The van der Waals surface area contributed by atoms with E-state index in [2.05, 4.69) is 32.3 Å². The van der Waals surface area contributed by atoms with E-state index in [1.54, 1.807) is 0 Å². The summed E-state index contributed by atoms with van der Waals surface area (Å²) in [5.41, 5.74) is 1.98. The molecule has 0 aliphatic carbocycles. The Kier molecular flexibility index (Phi) is 5.06. The molecule has 0 radical (unpaired) electrons. The number of aromatic nitrogens is 3. The van der Waals surface area contributed by atoms with Gasteiger partial charge in [0.05, 0.1) is 12.2 Å². The van der Waals surface area contributed by atoms with Gasteiger partial charge >= 0.3 is 0 Å². The maximum Gasteiger partial charge on any atom is 0.222 e. The quantitative estimate of drug-likeness (QED) is 0.835. The summed E-state index contributed by atoms with van der Waals surface area (Å²) < 4.78 is 5.20. The van der Waals surface area contributed by atoms with Crippen LogP contribution in [0.4, 0.5) is 5.95 Å². The second-order valence-electron chi connectivity index (χ2n) is 4.95. The molecule has 0 atom stereocenters. The van der Waals surface area contributed by atoms with Gasteiger partial charge in [0.1, 0.15) is 0 Å². The van der Waals surface area contributed by atoms with Gasteiger partial charge in [-0.1, -0.05) is 12.1 Å². The minimum atomic E-state index is 0.684. The number of nitrogens with zero attached hydrogens (tertiary/aromatic N) is 4. The van der Waals surface area contributed by atoms with E-state index < -0.39 is 0 Å². The van der Waals surface area contributed by atoms with Crippen molar-refractivity contribution in [1.82, 2.24) is 20.0 Å². The Morgan fingerprint density at radius 1 is 1.25 bits per heavy atom. The van der Waals surface area contributed by atoms with Crippen LogP contribution < -0.4 is 5.32 Å². The number of hydrogen-bond acceptors (Lipinski definition) is 6. The van der Waals surface area contributed by atoms with E-state index in [1.807, 2.05) is 32.4 Å². The molecule has 6 heteroatoms. The third-order valence-electron chi connectivity index (χ3n) is 2.79. The molecule has 2 aromatic rings. The largest absolute Gasteiger partial charge is 0.360 e. The van der Waals surface area contributed by atoms with Crippen molar-refractivity contribution in [2.24, 2.45) is 0 Å². The molecule has 2 rings (SSSR count). The van der Waals surface area contributed by atoms with Crippen molar-refractivity contribution >= 4 is 5.95 Å². The van der Waals surface area contributed by atoms with Gasteiger partial charge in [-0.25, -0.2) is 9.97 Å².